The number of aliphatic hydroxyl groups is 1. The molecule has 0 bridgehead atoms. The lowest BCUT2D eigenvalue weighted by Gasteiger charge is -2.45. The number of ether oxygens (including phenoxy) is 5. The second-order valence-corrected chi connectivity index (χ2v) is 10.2. The summed E-state index contributed by atoms with van der Waals surface area (Å²) < 4.78 is 26.7. The number of aromatic hydroxyl groups is 1. The summed E-state index contributed by atoms with van der Waals surface area (Å²) in [6, 6.07) is 3.94. The highest BCUT2D eigenvalue weighted by Gasteiger charge is 2.54. The van der Waals surface area contributed by atoms with Crippen molar-refractivity contribution in [3.8, 4) is 11.5 Å². The van der Waals surface area contributed by atoms with Crippen LogP contribution in [-0.2, 0) is 46.2 Å². The number of phenolic OH excluding ortho intramolecular Hbond substituents is 1. The summed E-state index contributed by atoms with van der Waals surface area (Å²) in [7, 11) is 1.12. The van der Waals surface area contributed by atoms with Crippen molar-refractivity contribution in [2.45, 2.75) is 89.6 Å². The van der Waals surface area contributed by atoms with Crippen LogP contribution in [-0.4, -0.2) is 90.0 Å². The van der Waals surface area contributed by atoms with Crippen molar-refractivity contribution in [3.05, 3.63) is 23.3 Å². The quantitative estimate of drug-likeness (QED) is 0.387. The largest absolute Gasteiger partial charge is 0.504 e. The fourth-order valence-electron chi connectivity index (χ4n) is 5.97. The fourth-order valence-corrected chi connectivity index (χ4v) is 5.97. The zero-order valence-electron chi connectivity index (χ0n) is 22.3. The molecule has 0 aromatic heterocycles. The third-order valence-corrected chi connectivity index (χ3v) is 7.58. The van der Waals surface area contributed by atoms with Gasteiger partial charge < -0.3 is 33.9 Å². The Morgan fingerprint density at radius 3 is 2.47 bits per heavy atom. The average molecular weight is 536 g/mol. The molecule has 1 aliphatic carbocycles. The summed E-state index contributed by atoms with van der Waals surface area (Å²) in [5.74, 6) is -2.03. The minimum Gasteiger partial charge on any atom is -0.504 e. The molecule has 1 aromatic rings. The molecule has 7 atom stereocenters. The Morgan fingerprint density at radius 2 is 1.82 bits per heavy atom. The van der Waals surface area contributed by atoms with Crippen LogP contribution in [0.15, 0.2) is 12.1 Å². The number of fused-ring (bicyclic) bond motifs is 2. The topological polar surface area (TPSA) is 141 Å². The maximum absolute atomic E-state index is 12.5. The molecule has 2 aliphatic heterocycles. The van der Waals surface area contributed by atoms with Gasteiger partial charge in [0.25, 0.3) is 0 Å². The molecule has 0 radical (unpaired) electrons. The van der Waals surface area contributed by atoms with Crippen molar-refractivity contribution in [1.82, 2.24) is 4.90 Å². The third kappa shape index (κ3) is 5.74. The zero-order chi connectivity index (χ0) is 27.6. The monoisotopic (exact) mass is 535 g/mol. The van der Waals surface area contributed by atoms with Crippen LogP contribution in [0.25, 0.3) is 0 Å². The van der Waals surface area contributed by atoms with Crippen LogP contribution in [0.3, 0.4) is 0 Å². The van der Waals surface area contributed by atoms with E-state index >= 15 is 0 Å². The van der Waals surface area contributed by atoms with Crippen molar-refractivity contribution < 1.29 is 48.3 Å². The number of aliphatic hydroxyl groups excluding tert-OH is 1. The van der Waals surface area contributed by atoms with Gasteiger partial charge in [-0.15, -0.1) is 0 Å². The minimum absolute atomic E-state index is 0.0508. The molecule has 38 heavy (non-hydrogen) atoms. The van der Waals surface area contributed by atoms with E-state index in [1.165, 1.54) is 0 Å². The van der Waals surface area contributed by atoms with Crippen molar-refractivity contribution >= 4 is 17.9 Å². The van der Waals surface area contributed by atoms with Gasteiger partial charge in [0, 0.05) is 25.5 Å². The molecule has 3 aliphatic rings. The van der Waals surface area contributed by atoms with Crippen LogP contribution in [0.1, 0.15) is 51.2 Å². The summed E-state index contributed by atoms with van der Waals surface area (Å²) in [4.78, 5) is 38.5. The Morgan fingerprint density at radius 1 is 1.11 bits per heavy atom. The van der Waals surface area contributed by atoms with Crippen LogP contribution in [0, 0.1) is 5.92 Å². The number of piperidine rings is 1. The first-order valence-corrected chi connectivity index (χ1v) is 13.1. The predicted octanol–water partition coefficient (Wildman–Crippen LogP) is 1.48. The minimum atomic E-state index is -1.65. The molecule has 4 rings (SSSR count). The SMILES string of the molecule is CCCN1CCC[C@@H]2Cc3c(ccc(O[C@@H]4O[C@H](C(=O)OC)[C@@H](OC(C)=O)[C@H](OC(C)=O)[C@H]4O)c3O)C[C@H]21. The highest BCUT2D eigenvalue weighted by atomic mass is 16.7. The molecule has 0 spiro atoms. The van der Waals surface area contributed by atoms with Gasteiger partial charge in [-0.05, 0) is 62.7 Å². The van der Waals surface area contributed by atoms with E-state index in [0.717, 1.165) is 70.9 Å². The summed E-state index contributed by atoms with van der Waals surface area (Å²) >= 11 is 0. The number of hydrogen-bond donors (Lipinski definition) is 2. The number of likely N-dealkylation sites (tertiary alicyclic amines) is 1. The first kappa shape index (κ1) is 28.1. The summed E-state index contributed by atoms with van der Waals surface area (Å²) in [6.07, 6.45) is -2.85. The van der Waals surface area contributed by atoms with Crippen molar-refractivity contribution in [2.75, 3.05) is 20.2 Å². The van der Waals surface area contributed by atoms with Gasteiger partial charge in [-0.1, -0.05) is 13.0 Å². The Kier molecular flexibility index (Phi) is 8.79. The first-order chi connectivity index (χ1) is 18.1. The maximum Gasteiger partial charge on any atom is 0.339 e. The predicted molar refractivity (Wildman–Crippen MR) is 132 cm³/mol. The van der Waals surface area contributed by atoms with Crippen LogP contribution in [0.4, 0.5) is 0 Å². The van der Waals surface area contributed by atoms with Gasteiger partial charge >= 0.3 is 17.9 Å². The van der Waals surface area contributed by atoms with Gasteiger partial charge in [0.1, 0.15) is 0 Å². The van der Waals surface area contributed by atoms with Crippen LogP contribution >= 0.6 is 0 Å². The van der Waals surface area contributed by atoms with Crippen LogP contribution in [0.2, 0.25) is 0 Å². The highest BCUT2D eigenvalue weighted by molar-refractivity contribution is 5.77. The average Bonchev–Trinajstić information content (AvgIpc) is 2.88. The third-order valence-electron chi connectivity index (χ3n) is 7.58. The van der Waals surface area contributed by atoms with E-state index in [9.17, 15) is 24.6 Å². The van der Waals surface area contributed by atoms with Crippen molar-refractivity contribution in [2.24, 2.45) is 5.92 Å². The number of hydrogen-bond acceptors (Lipinski definition) is 11. The van der Waals surface area contributed by atoms with E-state index < -0.39 is 48.6 Å². The smallest absolute Gasteiger partial charge is 0.339 e. The van der Waals surface area contributed by atoms with Gasteiger partial charge in [0.05, 0.1) is 7.11 Å². The second-order valence-electron chi connectivity index (χ2n) is 10.2. The molecular formula is C27H37NO10. The number of esters is 3. The Labute approximate surface area is 221 Å². The number of rotatable bonds is 7. The van der Waals surface area contributed by atoms with Gasteiger partial charge in [-0.2, -0.15) is 0 Å². The molecule has 11 nitrogen and oxygen atoms in total. The van der Waals surface area contributed by atoms with E-state index in [2.05, 4.69) is 11.8 Å². The van der Waals surface area contributed by atoms with E-state index in [1.807, 2.05) is 6.07 Å². The molecule has 2 fully saturated rings. The van der Waals surface area contributed by atoms with Gasteiger partial charge in [0.15, 0.2) is 35.9 Å². The van der Waals surface area contributed by atoms with E-state index in [4.69, 9.17) is 23.7 Å². The van der Waals surface area contributed by atoms with Gasteiger partial charge in [0.2, 0.25) is 6.29 Å². The maximum atomic E-state index is 12.5. The van der Waals surface area contributed by atoms with Crippen molar-refractivity contribution in [1.29, 1.82) is 0 Å². The summed E-state index contributed by atoms with van der Waals surface area (Å²) in [5.41, 5.74) is 1.84. The molecule has 210 valence electrons. The Hall–Kier alpha value is -2.89. The fraction of sp³-hybridized carbons (Fsp3) is 0.667. The Balaban J connectivity index is 1.60. The number of nitrogens with zero attached hydrogens (tertiary/aromatic N) is 1. The molecule has 2 heterocycles. The second kappa shape index (κ2) is 11.9. The lowest BCUT2D eigenvalue weighted by molar-refractivity contribution is -0.279. The Bertz CT molecular complexity index is 1040. The first-order valence-electron chi connectivity index (χ1n) is 13.1. The van der Waals surface area contributed by atoms with Crippen LogP contribution < -0.4 is 4.74 Å². The normalized spacial score (nSPS) is 30.9. The van der Waals surface area contributed by atoms with Crippen molar-refractivity contribution in [3.63, 3.8) is 0 Å². The molecule has 2 saturated heterocycles. The molecule has 0 saturated carbocycles. The molecule has 11 heteroatoms. The lowest BCUT2D eigenvalue weighted by atomic mass is 9.75. The molecule has 1 aromatic carbocycles. The van der Waals surface area contributed by atoms with E-state index in [-0.39, 0.29) is 11.5 Å². The van der Waals surface area contributed by atoms with Crippen LogP contribution in [0.5, 0.6) is 11.5 Å². The highest BCUT2D eigenvalue weighted by Crippen LogP contribution is 2.43. The lowest BCUT2D eigenvalue weighted by Crippen LogP contribution is -2.63. The van der Waals surface area contributed by atoms with Gasteiger partial charge in [-0.25, -0.2) is 4.79 Å². The molecule has 2 N–H and O–H groups in total. The number of methoxy groups -OCH3 is 1. The van der Waals surface area contributed by atoms with Gasteiger partial charge in [-0.3, -0.25) is 14.5 Å². The number of carbonyl (C=O) groups excluding carboxylic acids is 3. The standard InChI is InChI=1S/C27H37NO10/c1-5-10-28-11-6-7-17-12-18-16(13-19(17)28)8-9-20(21(18)31)37-27-22(32)23(35-14(2)29)24(36-15(3)30)25(38-27)26(33)34-4/h8-9,17,19,22-25,27,31-32H,5-7,10-13H2,1-4H3/t17-,19-,22-,23-,24+,25+,27-/m1/s1. The van der Waals surface area contributed by atoms with E-state index in [1.54, 1.807) is 6.07 Å². The zero-order valence-corrected chi connectivity index (χ0v) is 22.3. The summed E-state index contributed by atoms with van der Waals surface area (Å²) in [6.45, 7) is 6.55. The molecule has 0 unspecified atom stereocenters. The number of carbonyl (C=O) groups is 3. The molecule has 0 amide bonds. The summed E-state index contributed by atoms with van der Waals surface area (Å²) in [5, 5.41) is 22.2. The number of benzene rings is 1. The number of phenols is 1. The molecular weight excluding hydrogens is 498 g/mol. The van der Waals surface area contributed by atoms with E-state index in [0.29, 0.717) is 18.4 Å².